The second kappa shape index (κ2) is 6.24. The normalized spacial score (nSPS) is 14.2. The van der Waals surface area contributed by atoms with Gasteiger partial charge in [0.25, 0.3) is 0 Å². The molecule has 134 valence electrons. The molecule has 0 bridgehead atoms. The number of aryl methyl sites for hydroxylation is 2. The number of nitrogens with one attached hydrogen (secondary N) is 1. The molecule has 0 atom stereocenters. The molecule has 1 amide bonds. The lowest BCUT2D eigenvalue weighted by Gasteiger charge is -2.14. The molecule has 5 nitrogen and oxygen atoms in total. The predicted molar refractivity (Wildman–Crippen MR) is 104 cm³/mol. The van der Waals surface area contributed by atoms with Crippen LogP contribution < -0.4 is 5.32 Å². The van der Waals surface area contributed by atoms with Gasteiger partial charge in [-0.25, -0.2) is 4.98 Å². The highest BCUT2D eigenvalue weighted by Gasteiger charge is 2.27. The van der Waals surface area contributed by atoms with Crippen molar-refractivity contribution in [3.8, 4) is 11.4 Å². The van der Waals surface area contributed by atoms with E-state index < -0.39 is 0 Å². The molecule has 3 aromatic rings. The molecule has 0 unspecified atom stereocenters. The summed E-state index contributed by atoms with van der Waals surface area (Å²) in [6, 6.07) is 8.34. The summed E-state index contributed by atoms with van der Waals surface area (Å²) >= 11 is 0. The summed E-state index contributed by atoms with van der Waals surface area (Å²) in [4.78, 5) is 17.0. The molecule has 4 rings (SSSR count). The number of benzene rings is 1. The zero-order valence-electron chi connectivity index (χ0n) is 15.7. The topological polar surface area (TPSA) is 59.8 Å². The van der Waals surface area contributed by atoms with Gasteiger partial charge in [0.2, 0.25) is 5.91 Å². The molecule has 1 aliphatic rings. The molecule has 2 aromatic heterocycles. The Kier molecular flexibility index (Phi) is 4.02. The van der Waals surface area contributed by atoms with E-state index in [0.717, 1.165) is 28.2 Å². The number of hydrogen-bond acceptors (Lipinski definition) is 3. The number of pyridine rings is 1. The minimum atomic E-state index is -0.0556. The minimum absolute atomic E-state index is 0.0238. The predicted octanol–water partition coefficient (Wildman–Crippen LogP) is 4.42. The molecule has 0 aliphatic heterocycles. The van der Waals surface area contributed by atoms with E-state index in [9.17, 15) is 4.79 Å². The van der Waals surface area contributed by atoms with E-state index in [4.69, 9.17) is 4.98 Å². The van der Waals surface area contributed by atoms with E-state index in [-0.39, 0.29) is 11.8 Å². The lowest BCUT2D eigenvalue weighted by Crippen LogP contribution is -2.18. The van der Waals surface area contributed by atoms with Crippen LogP contribution in [0.15, 0.2) is 30.5 Å². The number of hydrogen-bond donors (Lipinski definition) is 1. The first-order chi connectivity index (χ1) is 12.4. The van der Waals surface area contributed by atoms with E-state index in [2.05, 4.69) is 22.5 Å². The van der Waals surface area contributed by atoms with Gasteiger partial charge in [-0.3, -0.25) is 9.48 Å². The van der Waals surface area contributed by atoms with Crippen LogP contribution in [0.3, 0.4) is 0 Å². The fraction of sp³-hybridized carbons (Fsp3) is 0.381. The highest BCUT2D eigenvalue weighted by Crippen LogP contribution is 2.44. The Balaban J connectivity index is 1.86. The zero-order chi connectivity index (χ0) is 18.4. The fourth-order valence-corrected chi connectivity index (χ4v) is 3.23. The summed E-state index contributed by atoms with van der Waals surface area (Å²) < 4.78 is 1.79. The Morgan fingerprint density at radius 1 is 1.23 bits per heavy atom. The molecular formula is C21H24N4O. The lowest BCUT2D eigenvalue weighted by molar-refractivity contribution is -0.118. The third kappa shape index (κ3) is 3.09. The van der Waals surface area contributed by atoms with Gasteiger partial charge in [-0.1, -0.05) is 13.8 Å². The lowest BCUT2D eigenvalue weighted by atomic mass is 10.00. The first-order valence-electron chi connectivity index (χ1n) is 9.18. The van der Waals surface area contributed by atoms with Gasteiger partial charge >= 0.3 is 0 Å². The van der Waals surface area contributed by atoms with Gasteiger partial charge < -0.3 is 5.32 Å². The van der Waals surface area contributed by atoms with Crippen LogP contribution in [-0.4, -0.2) is 20.7 Å². The van der Waals surface area contributed by atoms with E-state index in [1.165, 1.54) is 23.8 Å². The maximum absolute atomic E-state index is 12.1. The molecule has 1 N–H and O–H groups in total. The van der Waals surface area contributed by atoms with Crippen molar-refractivity contribution in [1.82, 2.24) is 14.8 Å². The number of carbonyl (C=O) groups excluding carboxylic acids is 1. The third-order valence-corrected chi connectivity index (χ3v) is 4.96. The SMILES string of the molecule is Cc1cc2c(C3CC3)cc(-c3ccn(C)n3)nc2cc1NC(=O)C(C)C. The quantitative estimate of drug-likeness (QED) is 0.759. The second-order valence-electron chi connectivity index (χ2n) is 7.57. The van der Waals surface area contributed by atoms with Crippen LogP contribution in [0.5, 0.6) is 0 Å². The van der Waals surface area contributed by atoms with Crippen LogP contribution in [0, 0.1) is 12.8 Å². The average Bonchev–Trinajstić information content (AvgIpc) is 3.35. The van der Waals surface area contributed by atoms with Gasteiger partial charge in [0, 0.05) is 30.2 Å². The highest BCUT2D eigenvalue weighted by atomic mass is 16.1. The Hall–Kier alpha value is -2.69. The van der Waals surface area contributed by atoms with Crippen LogP contribution in [-0.2, 0) is 11.8 Å². The van der Waals surface area contributed by atoms with Gasteiger partial charge in [0.05, 0.1) is 11.2 Å². The molecule has 0 saturated heterocycles. The van der Waals surface area contributed by atoms with Crippen molar-refractivity contribution >= 4 is 22.5 Å². The molecule has 2 heterocycles. The Bertz CT molecular complexity index is 999. The zero-order valence-corrected chi connectivity index (χ0v) is 15.7. The maximum atomic E-state index is 12.1. The van der Waals surface area contributed by atoms with E-state index in [0.29, 0.717) is 5.92 Å². The van der Waals surface area contributed by atoms with Crippen LogP contribution in [0.25, 0.3) is 22.3 Å². The standard InChI is InChI=1S/C21H24N4O/c1-12(2)21(26)23-18-11-19-16(9-13(18)3)15(14-5-6-14)10-20(22-19)17-7-8-25(4)24-17/h7-12,14H,5-6H2,1-4H3,(H,23,26). The van der Waals surface area contributed by atoms with Crippen molar-refractivity contribution < 1.29 is 4.79 Å². The highest BCUT2D eigenvalue weighted by molar-refractivity contribution is 5.97. The van der Waals surface area contributed by atoms with Crippen molar-refractivity contribution in [2.45, 2.75) is 39.5 Å². The number of anilines is 1. The van der Waals surface area contributed by atoms with Gasteiger partial charge in [0.1, 0.15) is 5.69 Å². The summed E-state index contributed by atoms with van der Waals surface area (Å²) in [5.74, 6) is 0.578. The Morgan fingerprint density at radius 2 is 2.00 bits per heavy atom. The number of rotatable bonds is 4. The van der Waals surface area contributed by atoms with Crippen molar-refractivity contribution in [2.24, 2.45) is 13.0 Å². The first-order valence-corrected chi connectivity index (χ1v) is 9.18. The van der Waals surface area contributed by atoms with Gasteiger partial charge in [0.15, 0.2) is 0 Å². The molecule has 1 saturated carbocycles. The maximum Gasteiger partial charge on any atom is 0.226 e. The largest absolute Gasteiger partial charge is 0.326 e. The molecule has 26 heavy (non-hydrogen) atoms. The van der Waals surface area contributed by atoms with Crippen molar-refractivity contribution in [1.29, 1.82) is 0 Å². The van der Waals surface area contributed by atoms with E-state index in [1.807, 2.05) is 46.1 Å². The summed E-state index contributed by atoms with van der Waals surface area (Å²) in [6.45, 7) is 5.83. The molecule has 1 aliphatic carbocycles. The number of carbonyl (C=O) groups is 1. The van der Waals surface area contributed by atoms with Crippen LogP contribution in [0.4, 0.5) is 5.69 Å². The van der Waals surface area contributed by atoms with Crippen LogP contribution in [0.2, 0.25) is 0 Å². The van der Waals surface area contributed by atoms with Gasteiger partial charge in [-0.05, 0) is 61.1 Å². The Morgan fingerprint density at radius 3 is 2.62 bits per heavy atom. The fourth-order valence-electron chi connectivity index (χ4n) is 3.23. The van der Waals surface area contributed by atoms with Gasteiger partial charge in [-0.15, -0.1) is 0 Å². The minimum Gasteiger partial charge on any atom is -0.326 e. The van der Waals surface area contributed by atoms with E-state index in [1.54, 1.807) is 4.68 Å². The summed E-state index contributed by atoms with van der Waals surface area (Å²) in [7, 11) is 1.91. The number of amides is 1. The van der Waals surface area contributed by atoms with Crippen LogP contribution in [0.1, 0.15) is 43.7 Å². The van der Waals surface area contributed by atoms with Crippen molar-refractivity contribution in [3.63, 3.8) is 0 Å². The second-order valence-corrected chi connectivity index (χ2v) is 7.57. The molecule has 1 aromatic carbocycles. The first kappa shape index (κ1) is 16.8. The van der Waals surface area contributed by atoms with Crippen molar-refractivity contribution in [2.75, 3.05) is 5.32 Å². The molecule has 0 spiro atoms. The van der Waals surface area contributed by atoms with E-state index >= 15 is 0 Å². The Labute approximate surface area is 153 Å². The monoisotopic (exact) mass is 348 g/mol. The number of aromatic nitrogens is 3. The molecule has 1 fully saturated rings. The molecule has 5 heteroatoms. The number of nitrogens with zero attached hydrogens (tertiary/aromatic N) is 3. The van der Waals surface area contributed by atoms with Crippen LogP contribution >= 0.6 is 0 Å². The van der Waals surface area contributed by atoms with Gasteiger partial charge in [-0.2, -0.15) is 5.10 Å². The summed E-state index contributed by atoms with van der Waals surface area (Å²) in [5.41, 5.74) is 5.94. The molecule has 0 radical (unpaired) electrons. The third-order valence-electron chi connectivity index (χ3n) is 4.96. The number of fused-ring (bicyclic) bond motifs is 1. The average molecular weight is 348 g/mol. The smallest absolute Gasteiger partial charge is 0.226 e. The summed E-state index contributed by atoms with van der Waals surface area (Å²) in [6.07, 6.45) is 4.39. The molecular weight excluding hydrogens is 324 g/mol. The van der Waals surface area contributed by atoms with Crippen molar-refractivity contribution in [3.05, 3.63) is 41.6 Å². The summed E-state index contributed by atoms with van der Waals surface area (Å²) in [5, 5.41) is 8.72.